The van der Waals surface area contributed by atoms with Gasteiger partial charge in [0.15, 0.2) is 0 Å². The van der Waals surface area contributed by atoms with Crippen LogP contribution in [0.25, 0.3) is 0 Å². The number of rotatable bonds is 8. The summed E-state index contributed by atoms with van der Waals surface area (Å²) in [5.41, 5.74) is 2.96. The first-order chi connectivity index (χ1) is 15.9. The summed E-state index contributed by atoms with van der Waals surface area (Å²) in [6.07, 6.45) is 11.8. The Bertz CT molecular complexity index is 1010. The minimum absolute atomic E-state index is 0.0546. The second-order valence-electron chi connectivity index (χ2n) is 9.28. The highest BCUT2D eigenvalue weighted by atomic mass is 32.2. The molecule has 0 saturated carbocycles. The molecule has 1 fully saturated rings. The van der Waals surface area contributed by atoms with Gasteiger partial charge in [0.05, 0.1) is 4.90 Å². The maximum absolute atomic E-state index is 12.8. The molecule has 0 aromatic heterocycles. The van der Waals surface area contributed by atoms with E-state index < -0.39 is 10.0 Å². The highest BCUT2D eigenvalue weighted by Crippen LogP contribution is 2.31. The van der Waals surface area contributed by atoms with E-state index >= 15 is 0 Å². The summed E-state index contributed by atoms with van der Waals surface area (Å²) in [6.45, 7) is 2.52. The summed E-state index contributed by atoms with van der Waals surface area (Å²) >= 11 is 0. The highest BCUT2D eigenvalue weighted by Gasteiger charge is 2.27. The van der Waals surface area contributed by atoms with E-state index in [1.807, 2.05) is 4.90 Å². The van der Waals surface area contributed by atoms with Gasteiger partial charge >= 0.3 is 0 Å². The number of anilines is 1. The summed E-state index contributed by atoms with van der Waals surface area (Å²) in [6, 6.07) is 4.99. The minimum Gasteiger partial charge on any atom is -0.343 e. The van der Waals surface area contributed by atoms with E-state index in [-0.39, 0.29) is 29.6 Å². The standard InChI is InChI=1S/C25H35N3O4S/c29-24(27-16-5-2-6-17-27)11-12-25(30)28-18-14-21-19-22(9-10-23(21)28)33(31,32)26-15-13-20-7-3-1-4-8-20/h7,9-10,19,26H,1-6,8,11-18H2. The molecule has 2 heterocycles. The van der Waals surface area contributed by atoms with Gasteiger partial charge < -0.3 is 9.80 Å². The Kier molecular flexibility index (Phi) is 7.86. The summed E-state index contributed by atoms with van der Waals surface area (Å²) in [4.78, 5) is 29.0. The van der Waals surface area contributed by atoms with Gasteiger partial charge in [-0.05, 0) is 81.5 Å². The number of allylic oxidation sites excluding steroid dienone is 1. The van der Waals surface area contributed by atoms with Crippen molar-refractivity contribution in [3.8, 4) is 0 Å². The molecule has 2 amide bonds. The fourth-order valence-electron chi connectivity index (χ4n) is 5.02. The lowest BCUT2D eigenvalue weighted by atomic mass is 9.97. The molecule has 3 aliphatic rings. The molecule has 2 aliphatic heterocycles. The first-order valence-electron chi connectivity index (χ1n) is 12.3. The Morgan fingerprint density at radius 1 is 0.909 bits per heavy atom. The van der Waals surface area contributed by atoms with Gasteiger partial charge in [-0.25, -0.2) is 13.1 Å². The Morgan fingerprint density at radius 2 is 1.70 bits per heavy atom. The minimum atomic E-state index is -3.59. The third-order valence-corrected chi connectivity index (χ3v) is 8.40. The van der Waals surface area contributed by atoms with Crippen molar-refractivity contribution in [2.75, 3.05) is 31.1 Å². The first-order valence-corrected chi connectivity index (χ1v) is 13.8. The van der Waals surface area contributed by atoms with E-state index in [1.54, 1.807) is 23.1 Å². The van der Waals surface area contributed by atoms with Crippen LogP contribution >= 0.6 is 0 Å². The number of nitrogens with zero attached hydrogens (tertiary/aromatic N) is 2. The third kappa shape index (κ3) is 6.03. The number of nitrogens with one attached hydrogen (secondary N) is 1. The van der Waals surface area contributed by atoms with Crippen molar-refractivity contribution in [3.05, 3.63) is 35.4 Å². The van der Waals surface area contributed by atoms with E-state index in [2.05, 4.69) is 10.8 Å². The van der Waals surface area contributed by atoms with Crippen molar-refractivity contribution in [1.82, 2.24) is 9.62 Å². The second kappa shape index (κ2) is 10.8. The number of piperidine rings is 1. The lowest BCUT2D eigenvalue weighted by Gasteiger charge is -2.27. The molecule has 33 heavy (non-hydrogen) atoms. The zero-order valence-corrected chi connectivity index (χ0v) is 20.2. The van der Waals surface area contributed by atoms with Crippen molar-refractivity contribution in [3.63, 3.8) is 0 Å². The largest absolute Gasteiger partial charge is 0.343 e. The fourth-order valence-corrected chi connectivity index (χ4v) is 6.10. The molecule has 180 valence electrons. The number of carbonyl (C=O) groups is 2. The number of carbonyl (C=O) groups excluding carboxylic acids is 2. The second-order valence-corrected chi connectivity index (χ2v) is 11.1. The van der Waals surface area contributed by atoms with E-state index in [0.717, 1.165) is 56.4 Å². The van der Waals surface area contributed by atoms with Gasteiger partial charge in [0.25, 0.3) is 0 Å². The van der Waals surface area contributed by atoms with Gasteiger partial charge in [0, 0.05) is 44.7 Å². The van der Waals surface area contributed by atoms with Crippen molar-refractivity contribution < 1.29 is 18.0 Å². The molecule has 0 atom stereocenters. The molecular weight excluding hydrogens is 438 g/mol. The molecule has 1 saturated heterocycles. The molecule has 1 N–H and O–H groups in total. The van der Waals surface area contributed by atoms with E-state index in [9.17, 15) is 18.0 Å². The zero-order chi connectivity index (χ0) is 23.3. The van der Waals surface area contributed by atoms with Crippen molar-refractivity contribution in [2.24, 2.45) is 0 Å². The number of sulfonamides is 1. The topological polar surface area (TPSA) is 86.8 Å². The van der Waals surface area contributed by atoms with Gasteiger partial charge in [0.2, 0.25) is 21.8 Å². The van der Waals surface area contributed by atoms with Gasteiger partial charge in [-0.15, -0.1) is 0 Å². The molecule has 1 aliphatic carbocycles. The van der Waals surface area contributed by atoms with Crippen LogP contribution in [0.3, 0.4) is 0 Å². The number of amides is 2. The number of hydrogen-bond acceptors (Lipinski definition) is 4. The first kappa shape index (κ1) is 24.0. The Labute approximate surface area is 197 Å². The van der Waals surface area contributed by atoms with Crippen LogP contribution in [0.2, 0.25) is 0 Å². The maximum Gasteiger partial charge on any atom is 0.240 e. The van der Waals surface area contributed by atoms with Crippen LogP contribution < -0.4 is 9.62 Å². The number of benzene rings is 1. The Hall–Kier alpha value is -2.19. The highest BCUT2D eigenvalue weighted by molar-refractivity contribution is 7.89. The average Bonchev–Trinajstić information content (AvgIpc) is 3.27. The summed E-state index contributed by atoms with van der Waals surface area (Å²) in [5.74, 6) is -0.0208. The molecule has 0 radical (unpaired) electrons. The van der Waals surface area contributed by atoms with Gasteiger partial charge in [0.1, 0.15) is 0 Å². The number of hydrogen-bond donors (Lipinski definition) is 1. The summed E-state index contributed by atoms with van der Waals surface area (Å²) in [7, 11) is -3.59. The SMILES string of the molecule is O=C(CCC(=O)N1CCc2cc(S(=O)(=O)NCCC3=CCCCC3)ccc21)N1CCCCC1. The molecule has 1 aromatic carbocycles. The lowest BCUT2D eigenvalue weighted by molar-refractivity contribution is -0.133. The van der Waals surface area contributed by atoms with Crippen LogP contribution in [-0.2, 0) is 26.0 Å². The quantitative estimate of drug-likeness (QED) is 0.585. The van der Waals surface area contributed by atoms with Gasteiger partial charge in [-0.3, -0.25) is 9.59 Å². The lowest BCUT2D eigenvalue weighted by Crippen LogP contribution is -2.37. The molecular formula is C25H35N3O4S. The molecule has 0 spiro atoms. The maximum atomic E-state index is 12.8. The van der Waals surface area contributed by atoms with Gasteiger partial charge in [-0.2, -0.15) is 0 Å². The smallest absolute Gasteiger partial charge is 0.240 e. The molecule has 0 unspecified atom stereocenters. The van der Waals surface area contributed by atoms with Crippen LogP contribution in [0, 0.1) is 0 Å². The number of likely N-dealkylation sites (tertiary alicyclic amines) is 1. The van der Waals surface area contributed by atoms with Crippen LogP contribution in [0.5, 0.6) is 0 Å². The summed E-state index contributed by atoms with van der Waals surface area (Å²) in [5, 5.41) is 0. The predicted octanol–water partition coefficient (Wildman–Crippen LogP) is 3.54. The molecule has 7 nitrogen and oxygen atoms in total. The zero-order valence-electron chi connectivity index (χ0n) is 19.4. The number of fused-ring (bicyclic) bond motifs is 1. The fraction of sp³-hybridized carbons (Fsp3) is 0.600. The van der Waals surface area contributed by atoms with Crippen LogP contribution in [0.1, 0.15) is 69.8 Å². The van der Waals surface area contributed by atoms with Crippen molar-refractivity contribution in [1.29, 1.82) is 0 Å². The summed E-state index contributed by atoms with van der Waals surface area (Å²) < 4.78 is 28.2. The Morgan fingerprint density at radius 3 is 2.45 bits per heavy atom. The van der Waals surface area contributed by atoms with E-state index in [0.29, 0.717) is 19.5 Å². The van der Waals surface area contributed by atoms with E-state index in [4.69, 9.17) is 0 Å². The van der Waals surface area contributed by atoms with Crippen LogP contribution in [0.15, 0.2) is 34.7 Å². The third-order valence-electron chi connectivity index (χ3n) is 6.94. The van der Waals surface area contributed by atoms with Crippen molar-refractivity contribution in [2.45, 2.75) is 75.5 Å². The van der Waals surface area contributed by atoms with Crippen LogP contribution in [0.4, 0.5) is 5.69 Å². The Balaban J connectivity index is 1.32. The molecule has 1 aromatic rings. The predicted molar refractivity (Wildman–Crippen MR) is 129 cm³/mol. The molecule has 4 rings (SSSR count). The molecule has 0 bridgehead atoms. The van der Waals surface area contributed by atoms with Gasteiger partial charge in [-0.1, -0.05) is 11.6 Å². The van der Waals surface area contributed by atoms with Crippen LogP contribution in [-0.4, -0.2) is 51.3 Å². The van der Waals surface area contributed by atoms with Crippen molar-refractivity contribution >= 4 is 27.5 Å². The average molecular weight is 474 g/mol. The monoisotopic (exact) mass is 473 g/mol. The molecule has 8 heteroatoms. The van der Waals surface area contributed by atoms with E-state index in [1.165, 1.54) is 24.8 Å². The normalized spacial score (nSPS) is 18.7.